The summed E-state index contributed by atoms with van der Waals surface area (Å²) in [6.07, 6.45) is 17.7. The topological polar surface area (TPSA) is 68.2 Å². The molecule has 9 aliphatic rings. The minimum Gasteiger partial charge on any atom is -0.492 e. The highest BCUT2D eigenvalue weighted by atomic mass is 33.1. The summed E-state index contributed by atoms with van der Waals surface area (Å²) in [4.78, 5) is 15.6. The van der Waals surface area contributed by atoms with E-state index in [9.17, 15) is 9.90 Å². The van der Waals surface area contributed by atoms with Crippen LogP contribution in [-0.2, 0) is 19.0 Å². The molecular weight excluding hydrogens is 687 g/mol. The number of rotatable bonds is 2. The van der Waals surface area contributed by atoms with Gasteiger partial charge in [0.2, 0.25) is 5.76 Å². The molecule has 2 saturated carbocycles. The number of hydrogen-bond acceptors (Lipinski definition) is 8. The van der Waals surface area contributed by atoms with E-state index >= 15 is 0 Å². The second-order valence-electron chi connectivity index (χ2n) is 17.6. The standard InChI is InChI=1S/C44H53NO5S2/c1-23-12-13-28-29(19-23)39(46)38-36-30(37(27-9-6-5-7-10-27)44-17-16-26(21-44)22-51-52-34(28)15-14-31(36)44)20-32-35-24(2)41(49-33(35)11-8-18-45(32)38)42-40(48-4)25(3)43(47)50-42/h5-7,9-11,13-15,23-24,26,29-32,34-39,46H,8,12,16-22H2,1-4H3. The molecule has 14 unspecified atom stereocenters. The molecule has 0 amide bonds. The van der Waals surface area contributed by atoms with E-state index in [0.29, 0.717) is 57.7 Å². The summed E-state index contributed by atoms with van der Waals surface area (Å²) in [6.45, 7) is 7.32. The molecule has 8 heteroatoms. The summed E-state index contributed by atoms with van der Waals surface area (Å²) in [6, 6.07) is 11.8. The largest absolute Gasteiger partial charge is 0.492 e. The molecule has 276 valence electrons. The monoisotopic (exact) mass is 739 g/mol. The fourth-order valence-electron chi connectivity index (χ4n) is 13.3. The predicted octanol–water partition coefficient (Wildman–Crippen LogP) is 8.79. The third kappa shape index (κ3) is 4.95. The maximum absolute atomic E-state index is 13.3. The average molecular weight is 740 g/mol. The van der Waals surface area contributed by atoms with Crippen LogP contribution < -0.4 is 0 Å². The molecule has 6 nitrogen and oxygen atoms in total. The summed E-state index contributed by atoms with van der Waals surface area (Å²) in [7, 11) is 5.77. The van der Waals surface area contributed by atoms with E-state index in [2.05, 4.69) is 95.0 Å². The SMILES string of the molecule is COC1=C(C)C(=O)OC1=C1OC2=CCCN3C(CC4C5C3C(O)C3CC(C)CC=C3C3C=CC5C5(CCC(CSS3)C5)C4c3ccccc3)C2C1C. The highest BCUT2D eigenvalue weighted by Crippen LogP contribution is 2.72. The smallest absolute Gasteiger partial charge is 0.343 e. The van der Waals surface area contributed by atoms with Crippen LogP contribution in [0.1, 0.15) is 77.2 Å². The number of carbonyl (C=O) groups is 1. The fraction of sp³-hybridized carbons (Fsp3) is 0.614. The minimum absolute atomic E-state index is 0.00798. The number of aliphatic hydroxyl groups excluding tert-OH is 1. The molecule has 5 heterocycles. The Labute approximate surface area is 317 Å². The Morgan fingerprint density at radius 2 is 1.92 bits per heavy atom. The van der Waals surface area contributed by atoms with Crippen molar-refractivity contribution in [3.05, 3.63) is 94.4 Å². The summed E-state index contributed by atoms with van der Waals surface area (Å²) < 4.78 is 18.4. The van der Waals surface area contributed by atoms with Gasteiger partial charge in [-0.15, -0.1) is 0 Å². The number of hydrogen-bond donors (Lipinski definition) is 1. The van der Waals surface area contributed by atoms with Crippen LogP contribution in [0.5, 0.6) is 0 Å². The number of cyclic esters (lactones) is 1. The molecule has 1 aromatic carbocycles. The van der Waals surface area contributed by atoms with Crippen LogP contribution in [0.15, 0.2) is 88.8 Å². The molecule has 0 radical (unpaired) electrons. The number of fused-ring (bicyclic) bond motifs is 8. The van der Waals surface area contributed by atoms with Crippen LogP contribution in [0.25, 0.3) is 0 Å². The number of benzene rings is 1. The first kappa shape index (κ1) is 34.1. The Balaban J connectivity index is 1.16. The molecule has 1 aromatic rings. The lowest BCUT2D eigenvalue weighted by Crippen LogP contribution is -2.62. The van der Waals surface area contributed by atoms with E-state index in [1.54, 1.807) is 14.0 Å². The van der Waals surface area contributed by atoms with Gasteiger partial charge in [-0.3, -0.25) is 4.90 Å². The summed E-state index contributed by atoms with van der Waals surface area (Å²) >= 11 is 0. The third-order valence-corrected chi connectivity index (χ3v) is 18.0. The van der Waals surface area contributed by atoms with Crippen molar-refractivity contribution in [3.8, 4) is 0 Å². The normalized spacial score (nSPS) is 46.5. The number of carbonyl (C=O) groups excluding carboxylic acids is 1. The fourth-order valence-corrected chi connectivity index (χ4v) is 16.3. The van der Waals surface area contributed by atoms with Gasteiger partial charge in [-0.2, -0.15) is 0 Å². The highest BCUT2D eigenvalue weighted by Gasteiger charge is 2.68. The maximum atomic E-state index is 13.3. The van der Waals surface area contributed by atoms with Crippen molar-refractivity contribution in [1.82, 2.24) is 4.90 Å². The second-order valence-corrected chi connectivity index (χ2v) is 20.2. The van der Waals surface area contributed by atoms with E-state index in [1.807, 2.05) is 0 Å². The van der Waals surface area contributed by atoms with Crippen molar-refractivity contribution in [1.29, 1.82) is 0 Å². The number of methoxy groups -OCH3 is 1. The molecule has 5 aliphatic heterocycles. The van der Waals surface area contributed by atoms with Gasteiger partial charge in [-0.1, -0.05) is 89.6 Å². The lowest BCUT2D eigenvalue weighted by molar-refractivity contribution is -0.133. The van der Waals surface area contributed by atoms with Gasteiger partial charge in [0, 0.05) is 42.1 Å². The van der Waals surface area contributed by atoms with Gasteiger partial charge >= 0.3 is 5.97 Å². The van der Waals surface area contributed by atoms with E-state index in [-0.39, 0.29) is 41.2 Å². The number of nitrogens with zero attached hydrogens (tertiary/aromatic N) is 1. The molecule has 10 rings (SSSR count). The van der Waals surface area contributed by atoms with Gasteiger partial charge in [-0.05, 0) is 104 Å². The molecule has 4 aliphatic carbocycles. The first-order valence-electron chi connectivity index (χ1n) is 20.0. The van der Waals surface area contributed by atoms with Crippen LogP contribution in [0.4, 0.5) is 0 Å². The lowest BCUT2D eigenvalue weighted by Gasteiger charge is -2.54. The van der Waals surface area contributed by atoms with Crippen LogP contribution in [0.3, 0.4) is 0 Å². The quantitative estimate of drug-likeness (QED) is 0.184. The molecule has 14 atom stereocenters. The van der Waals surface area contributed by atoms with Crippen molar-refractivity contribution in [2.75, 3.05) is 19.4 Å². The van der Waals surface area contributed by atoms with E-state index in [0.717, 1.165) is 43.9 Å². The summed E-state index contributed by atoms with van der Waals surface area (Å²) in [5.41, 5.74) is 3.65. The van der Waals surface area contributed by atoms with E-state index in [4.69, 9.17) is 14.2 Å². The van der Waals surface area contributed by atoms with Gasteiger partial charge < -0.3 is 19.3 Å². The van der Waals surface area contributed by atoms with E-state index in [1.165, 1.54) is 36.2 Å². The van der Waals surface area contributed by atoms with Gasteiger partial charge in [0.1, 0.15) is 5.76 Å². The zero-order chi connectivity index (χ0) is 35.5. The number of piperidine rings is 1. The lowest BCUT2D eigenvalue weighted by atomic mass is 9.65. The summed E-state index contributed by atoms with van der Waals surface area (Å²) in [5.74, 6) is 6.73. The van der Waals surface area contributed by atoms with Crippen molar-refractivity contribution in [2.24, 2.45) is 52.8 Å². The van der Waals surface area contributed by atoms with Crippen LogP contribution in [-0.4, -0.2) is 58.8 Å². The Bertz CT molecular complexity index is 1800. The van der Waals surface area contributed by atoms with Crippen molar-refractivity contribution >= 4 is 27.6 Å². The molecule has 4 fully saturated rings. The number of aliphatic hydroxyl groups is 1. The Morgan fingerprint density at radius 3 is 2.75 bits per heavy atom. The van der Waals surface area contributed by atoms with Crippen molar-refractivity contribution < 1.29 is 24.1 Å². The van der Waals surface area contributed by atoms with Crippen molar-refractivity contribution in [2.45, 2.75) is 95.1 Å². The third-order valence-electron chi connectivity index (χ3n) is 15.2. The molecule has 2 saturated heterocycles. The summed E-state index contributed by atoms with van der Waals surface area (Å²) in [5, 5.41) is 13.6. The van der Waals surface area contributed by atoms with Gasteiger partial charge in [0.05, 0.1) is 24.0 Å². The van der Waals surface area contributed by atoms with Crippen LogP contribution >= 0.6 is 21.6 Å². The van der Waals surface area contributed by atoms with Crippen molar-refractivity contribution in [3.63, 3.8) is 0 Å². The Morgan fingerprint density at radius 1 is 1.08 bits per heavy atom. The molecule has 4 bridgehead atoms. The number of ether oxygens (including phenoxy) is 3. The first-order valence-corrected chi connectivity index (χ1v) is 22.4. The Kier molecular flexibility index (Phi) is 8.43. The van der Waals surface area contributed by atoms with Gasteiger partial charge in [0.15, 0.2) is 11.5 Å². The predicted molar refractivity (Wildman–Crippen MR) is 207 cm³/mol. The maximum Gasteiger partial charge on any atom is 0.343 e. The molecule has 1 spiro atoms. The Hall–Kier alpha value is -2.39. The minimum atomic E-state index is -0.442. The molecular formula is C44H53NO5S2. The van der Waals surface area contributed by atoms with Crippen LogP contribution in [0.2, 0.25) is 0 Å². The molecule has 1 N–H and O–H groups in total. The zero-order valence-corrected chi connectivity index (χ0v) is 32.5. The van der Waals surface area contributed by atoms with Crippen LogP contribution in [0, 0.1) is 52.8 Å². The number of allylic oxidation sites excluding steroid dienone is 3. The molecule has 52 heavy (non-hydrogen) atoms. The van der Waals surface area contributed by atoms with E-state index < -0.39 is 6.10 Å². The molecule has 0 aromatic heterocycles. The van der Waals surface area contributed by atoms with Gasteiger partial charge in [-0.25, -0.2) is 4.79 Å². The first-order chi connectivity index (χ1) is 25.3. The van der Waals surface area contributed by atoms with Gasteiger partial charge in [0.25, 0.3) is 0 Å². The zero-order valence-electron chi connectivity index (χ0n) is 30.9. The number of esters is 1. The second kappa shape index (κ2) is 12.8. The average Bonchev–Trinajstić information content (AvgIpc) is 3.83. The highest BCUT2D eigenvalue weighted by molar-refractivity contribution is 8.77.